The highest BCUT2D eigenvalue weighted by Crippen LogP contribution is 2.47. The summed E-state index contributed by atoms with van der Waals surface area (Å²) in [5.74, 6) is 1.71. The predicted molar refractivity (Wildman–Crippen MR) is 126 cm³/mol. The Hall–Kier alpha value is -1.83. The van der Waals surface area contributed by atoms with E-state index in [4.69, 9.17) is 4.74 Å². The lowest BCUT2D eigenvalue weighted by atomic mass is 9.96. The van der Waals surface area contributed by atoms with Crippen LogP contribution in [0.25, 0.3) is 0 Å². The molecule has 1 heterocycles. The number of para-hydroxylation sites is 1. The van der Waals surface area contributed by atoms with Crippen molar-refractivity contribution >= 4 is 29.9 Å². The van der Waals surface area contributed by atoms with Gasteiger partial charge in [0.2, 0.25) is 0 Å². The number of hydrogen-bond donors (Lipinski definition) is 1. The molecule has 4 rings (SSSR count). The van der Waals surface area contributed by atoms with Crippen molar-refractivity contribution in [3.05, 3.63) is 66.0 Å². The molecule has 1 aliphatic heterocycles. The minimum atomic E-state index is -0.159. The zero-order valence-electron chi connectivity index (χ0n) is 16.8. The third-order valence-electron chi connectivity index (χ3n) is 5.87. The van der Waals surface area contributed by atoms with Crippen molar-refractivity contribution in [2.75, 3.05) is 26.7 Å². The molecule has 0 unspecified atom stereocenters. The molecular weight excluding hydrogens is 480 g/mol. The van der Waals surface area contributed by atoms with Crippen LogP contribution in [0.1, 0.15) is 31.2 Å². The van der Waals surface area contributed by atoms with E-state index in [1.165, 1.54) is 6.07 Å². The molecule has 1 saturated heterocycles. The van der Waals surface area contributed by atoms with Gasteiger partial charge in [-0.2, -0.15) is 0 Å². The number of nitrogens with one attached hydrogen (secondary N) is 1. The van der Waals surface area contributed by atoms with Crippen LogP contribution in [0.15, 0.2) is 59.6 Å². The Morgan fingerprint density at radius 3 is 2.48 bits per heavy atom. The van der Waals surface area contributed by atoms with Crippen LogP contribution in [0.5, 0.6) is 5.75 Å². The van der Waals surface area contributed by atoms with Crippen LogP contribution in [0.2, 0.25) is 0 Å². The van der Waals surface area contributed by atoms with E-state index < -0.39 is 0 Å². The van der Waals surface area contributed by atoms with Crippen LogP contribution < -0.4 is 10.1 Å². The number of piperidine rings is 1. The first-order chi connectivity index (χ1) is 13.7. The molecule has 2 fully saturated rings. The summed E-state index contributed by atoms with van der Waals surface area (Å²) < 4.78 is 19.7. The van der Waals surface area contributed by atoms with E-state index in [-0.39, 0.29) is 41.3 Å². The zero-order chi connectivity index (χ0) is 19.4. The summed E-state index contributed by atoms with van der Waals surface area (Å²) in [6.45, 7) is 2.64. The average Bonchev–Trinajstić information content (AvgIpc) is 3.52. The average molecular weight is 509 g/mol. The summed E-state index contributed by atoms with van der Waals surface area (Å²) in [7, 11) is 1.83. The van der Waals surface area contributed by atoms with Crippen molar-refractivity contribution < 1.29 is 9.13 Å². The van der Waals surface area contributed by atoms with Gasteiger partial charge in [-0.1, -0.05) is 30.3 Å². The molecule has 0 atom stereocenters. The van der Waals surface area contributed by atoms with Crippen LogP contribution in [0.3, 0.4) is 0 Å². The number of rotatable bonds is 5. The molecule has 0 amide bonds. The van der Waals surface area contributed by atoms with E-state index in [1.54, 1.807) is 12.1 Å². The zero-order valence-corrected chi connectivity index (χ0v) is 19.1. The van der Waals surface area contributed by atoms with Crippen LogP contribution in [0, 0.1) is 5.82 Å². The second kappa shape index (κ2) is 9.78. The van der Waals surface area contributed by atoms with Crippen molar-refractivity contribution in [3.63, 3.8) is 0 Å². The fourth-order valence-corrected chi connectivity index (χ4v) is 3.99. The smallest absolute Gasteiger partial charge is 0.193 e. The maximum Gasteiger partial charge on any atom is 0.193 e. The number of ether oxygens (including phenoxy) is 1. The summed E-state index contributed by atoms with van der Waals surface area (Å²) in [5, 5.41) is 3.54. The van der Waals surface area contributed by atoms with Gasteiger partial charge in [0.1, 0.15) is 17.7 Å². The first kappa shape index (κ1) is 21.9. The third-order valence-corrected chi connectivity index (χ3v) is 5.87. The van der Waals surface area contributed by atoms with E-state index in [2.05, 4.69) is 15.2 Å². The maximum atomic E-state index is 13.6. The second-order valence-corrected chi connectivity index (χ2v) is 7.81. The predicted octanol–water partition coefficient (Wildman–Crippen LogP) is 4.59. The normalized spacial score (nSPS) is 18.7. The number of nitrogens with zero attached hydrogens (tertiary/aromatic N) is 2. The van der Waals surface area contributed by atoms with Gasteiger partial charge in [0.15, 0.2) is 5.96 Å². The quantitative estimate of drug-likeness (QED) is 0.364. The molecule has 6 heteroatoms. The van der Waals surface area contributed by atoms with Crippen LogP contribution in [-0.4, -0.2) is 43.6 Å². The van der Waals surface area contributed by atoms with Crippen molar-refractivity contribution in [1.82, 2.24) is 10.2 Å². The fraction of sp³-hybridized carbons (Fsp3) is 0.435. The first-order valence-corrected chi connectivity index (χ1v) is 10.1. The highest BCUT2D eigenvalue weighted by molar-refractivity contribution is 14.0. The summed E-state index contributed by atoms with van der Waals surface area (Å²) in [4.78, 5) is 6.78. The number of likely N-dealkylation sites (tertiary alicyclic amines) is 1. The highest BCUT2D eigenvalue weighted by atomic mass is 127. The van der Waals surface area contributed by atoms with E-state index in [1.807, 2.05) is 43.4 Å². The third kappa shape index (κ3) is 5.41. The summed E-state index contributed by atoms with van der Waals surface area (Å²) >= 11 is 0. The molecular formula is C23H29FIN3O. The first-order valence-electron chi connectivity index (χ1n) is 10.1. The molecule has 4 nitrogen and oxygen atoms in total. The van der Waals surface area contributed by atoms with Gasteiger partial charge in [0, 0.05) is 44.9 Å². The molecule has 0 bridgehead atoms. The Kier molecular flexibility index (Phi) is 7.38. The SMILES string of the molecule is CN=C(NCC1(c2cccc(F)c2)CC1)N1CCC(Oc2ccccc2)CC1.I. The van der Waals surface area contributed by atoms with Gasteiger partial charge in [-0.3, -0.25) is 4.99 Å². The van der Waals surface area contributed by atoms with Crippen molar-refractivity contribution in [3.8, 4) is 5.75 Å². The van der Waals surface area contributed by atoms with Gasteiger partial charge < -0.3 is 15.0 Å². The van der Waals surface area contributed by atoms with Gasteiger partial charge >= 0.3 is 0 Å². The monoisotopic (exact) mass is 509 g/mol. The molecule has 156 valence electrons. The van der Waals surface area contributed by atoms with Crippen LogP contribution in [-0.2, 0) is 5.41 Å². The van der Waals surface area contributed by atoms with Gasteiger partial charge in [-0.25, -0.2) is 4.39 Å². The Balaban J connectivity index is 0.00000240. The molecule has 0 radical (unpaired) electrons. The van der Waals surface area contributed by atoms with E-state index in [9.17, 15) is 4.39 Å². The molecule has 2 aromatic rings. The van der Waals surface area contributed by atoms with Gasteiger partial charge in [-0.05, 0) is 42.7 Å². The number of benzene rings is 2. The fourth-order valence-electron chi connectivity index (χ4n) is 3.99. The van der Waals surface area contributed by atoms with Crippen molar-refractivity contribution in [2.45, 2.75) is 37.2 Å². The molecule has 29 heavy (non-hydrogen) atoms. The summed E-state index contributed by atoms with van der Waals surface area (Å²) in [6.07, 6.45) is 4.38. The van der Waals surface area contributed by atoms with E-state index in [0.717, 1.165) is 62.6 Å². The van der Waals surface area contributed by atoms with Crippen LogP contribution >= 0.6 is 24.0 Å². The molecule has 2 aromatic carbocycles. The molecule has 0 spiro atoms. The molecule has 1 aliphatic carbocycles. The number of halogens is 2. The minimum absolute atomic E-state index is 0. The number of hydrogen-bond acceptors (Lipinski definition) is 2. The molecule has 1 N–H and O–H groups in total. The summed E-state index contributed by atoms with van der Waals surface area (Å²) in [6, 6.07) is 17.0. The lowest BCUT2D eigenvalue weighted by Gasteiger charge is -2.35. The van der Waals surface area contributed by atoms with Gasteiger partial charge in [0.25, 0.3) is 0 Å². The Bertz CT molecular complexity index is 818. The molecule has 2 aliphatic rings. The maximum absolute atomic E-state index is 13.6. The highest BCUT2D eigenvalue weighted by Gasteiger charge is 2.44. The van der Waals surface area contributed by atoms with Crippen molar-refractivity contribution in [2.24, 2.45) is 4.99 Å². The lowest BCUT2D eigenvalue weighted by molar-refractivity contribution is 0.129. The Labute approximate surface area is 189 Å². The Morgan fingerprint density at radius 1 is 1.14 bits per heavy atom. The molecule has 1 saturated carbocycles. The lowest BCUT2D eigenvalue weighted by Crippen LogP contribution is -2.49. The van der Waals surface area contributed by atoms with Crippen molar-refractivity contribution in [1.29, 1.82) is 0 Å². The van der Waals surface area contributed by atoms with Crippen LogP contribution in [0.4, 0.5) is 4.39 Å². The largest absolute Gasteiger partial charge is 0.490 e. The van der Waals surface area contributed by atoms with Gasteiger partial charge in [-0.15, -0.1) is 24.0 Å². The summed E-state index contributed by atoms with van der Waals surface area (Å²) in [5.41, 5.74) is 1.14. The minimum Gasteiger partial charge on any atom is -0.490 e. The van der Waals surface area contributed by atoms with E-state index >= 15 is 0 Å². The second-order valence-electron chi connectivity index (χ2n) is 7.81. The van der Waals surface area contributed by atoms with Gasteiger partial charge in [0.05, 0.1) is 0 Å². The topological polar surface area (TPSA) is 36.9 Å². The number of guanidine groups is 1. The molecule has 0 aromatic heterocycles. The standard InChI is InChI=1S/C23H28FN3O.HI/c1-25-22(26-17-23(12-13-23)18-6-5-7-19(24)16-18)27-14-10-21(11-15-27)28-20-8-3-2-4-9-20;/h2-9,16,21H,10-15,17H2,1H3,(H,25,26);1H. The number of aliphatic imine (C=N–C) groups is 1. The van der Waals surface area contributed by atoms with E-state index in [0.29, 0.717) is 0 Å². The Morgan fingerprint density at radius 2 is 1.86 bits per heavy atom.